The van der Waals surface area contributed by atoms with Gasteiger partial charge in [0.05, 0.1) is 11.0 Å². The average Bonchev–Trinajstić information content (AvgIpc) is 2.95. The molecular formula is C13H15N3OS. The van der Waals surface area contributed by atoms with Gasteiger partial charge in [-0.2, -0.15) is 0 Å². The quantitative estimate of drug-likeness (QED) is 0.773. The highest BCUT2D eigenvalue weighted by Gasteiger charge is 2.22. The second kappa shape index (κ2) is 4.68. The van der Waals surface area contributed by atoms with Crippen molar-refractivity contribution in [3.63, 3.8) is 0 Å². The number of nitrogens with one attached hydrogen (secondary N) is 3. The minimum Gasteiger partial charge on any atom is -0.335 e. The molecule has 0 bridgehead atoms. The molecule has 4 nitrogen and oxygen atoms in total. The third kappa shape index (κ3) is 2.25. The maximum absolute atomic E-state index is 12.1. The van der Waals surface area contributed by atoms with Crippen LogP contribution < -0.4 is 16.2 Å². The van der Waals surface area contributed by atoms with E-state index in [0.29, 0.717) is 6.04 Å². The van der Waals surface area contributed by atoms with E-state index in [0.717, 1.165) is 21.4 Å². The first-order valence-corrected chi connectivity index (χ1v) is 6.84. The summed E-state index contributed by atoms with van der Waals surface area (Å²) in [5.41, 5.74) is 6.16. The van der Waals surface area contributed by atoms with E-state index in [2.05, 4.69) is 23.1 Å². The molecule has 1 aromatic heterocycles. The van der Waals surface area contributed by atoms with Gasteiger partial charge in [0.2, 0.25) is 0 Å². The number of carbonyl (C=O) groups excluding carboxylic acids is 1. The summed E-state index contributed by atoms with van der Waals surface area (Å²) in [6.07, 6.45) is 0.911. The molecule has 1 aromatic carbocycles. The van der Waals surface area contributed by atoms with Gasteiger partial charge in [0.25, 0.3) is 5.91 Å². The van der Waals surface area contributed by atoms with Crippen molar-refractivity contribution in [1.29, 1.82) is 0 Å². The molecule has 1 fully saturated rings. The van der Waals surface area contributed by atoms with Crippen molar-refractivity contribution >= 4 is 27.3 Å². The van der Waals surface area contributed by atoms with Crippen molar-refractivity contribution in [3.05, 3.63) is 35.2 Å². The minimum atomic E-state index is -0.00963. The Morgan fingerprint density at radius 1 is 1.39 bits per heavy atom. The Labute approximate surface area is 109 Å². The van der Waals surface area contributed by atoms with Gasteiger partial charge in [-0.1, -0.05) is 18.2 Å². The van der Waals surface area contributed by atoms with Crippen LogP contribution in [-0.2, 0) is 0 Å². The Kier molecular flexibility index (Phi) is 3.03. The molecule has 18 heavy (non-hydrogen) atoms. The monoisotopic (exact) mass is 261 g/mol. The van der Waals surface area contributed by atoms with E-state index in [1.807, 2.05) is 30.3 Å². The van der Waals surface area contributed by atoms with Crippen LogP contribution >= 0.6 is 11.3 Å². The van der Waals surface area contributed by atoms with E-state index in [4.69, 9.17) is 0 Å². The largest absolute Gasteiger partial charge is 0.335 e. The number of fused-ring (bicyclic) bond motifs is 1. The molecule has 1 aliphatic heterocycles. The number of benzene rings is 1. The average molecular weight is 261 g/mol. The van der Waals surface area contributed by atoms with Crippen molar-refractivity contribution in [2.24, 2.45) is 0 Å². The zero-order valence-corrected chi connectivity index (χ0v) is 10.9. The molecule has 0 saturated carbocycles. The summed E-state index contributed by atoms with van der Waals surface area (Å²) in [6, 6.07) is 10.4. The van der Waals surface area contributed by atoms with Gasteiger partial charge in [-0.05, 0) is 30.9 Å². The van der Waals surface area contributed by atoms with Gasteiger partial charge in [0, 0.05) is 10.7 Å². The highest BCUT2D eigenvalue weighted by atomic mass is 32.1. The smallest absolute Gasteiger partial charge is 0.262 e. The number of rotatable bonds is 2. The lowest BCUT2D eigenvalue weighted by atomic mass is 10.2. The van der Waals surface area contributed by atoms with Crippen LogP contribution in [0.4, 0.5) is 0 Å². The van der Waals surface area contributed by atoms with E-state index >= 15 is 0 Å². The first-order chi connectivity index (χ1) is 8.72. The molecule has 0 radical (unpaired) electrons. The first-order valence-electron chi connectivity index (χ1n) is 6.03. The molecular weight excluding hydrogens is 246 g/mol. The van der Waals surface area contributed by atoms with Crippen LogP contribution in [0.1, 0.15) is 23.0 Å². The Morgan fingerprint density at radius 2 is 2.22 bits per heavy atom. The van der Waals surface area contributed by atoms with E-state index in [9.17, 15) is 4.79 Å². The number of hydrogen-bond acceptors (Lipinski definition) is 4. The normalized spacial score (nSPS) is 23.4. The topological polar surface area (TPSA) is 53.2 Å². The van der Waals surface area contributed by atoms with Crippen LogP contribution in [0.5, 0.6) is 0 Å². The van der Waals surface area contributed by atoms with Crippen LogP contribution in [0.25, 0.3) is 10.1 Å². The molecule has 1 saturated heterocycles. The summed E-state index contributed by atoms with van der Waals surface area (Å²) >= 11 is 1.53. The van der Waals surface area contributed by atoms with Crippen molar-refractivity contribution in [1.82, 2.24) is 16.2 Å². The van der Waals surface area contributed by atoms with Crippen molar-refractivity contribution in [3.8, 4) is 0 Å². The molecule has 0 aliphatic carbocycles. The van der Waals surface area contributed by atoms with Crippen LogP contribution in [0.15, 0.2) is 30.3 Å². The summed E-state index contributed by atoms with van der Waals surface area (Å²) < 4.78 is 1.15. The van der Waals surface area contributed by atoms with Crippen LogP contribution in [0.2, 0.25) is 0 Å². The second-order valence-electron chi connectivity index (χ2n) is 4.60. The summed E-state index contributed by atoms with van der Waals surface area (Å²) in [4.78, 5) is 12.9. The molecule has 2 atom stereocenters. The van der Waals surface area contributed by atoms with Crippen molar-refractivity contribution in [2.75, 3.05) is 0 Å². The Bertz CT molecular complexity index is 547. The van der Waals surface area contributed by atoms with E-state index < -0.39 is 0 Å². The summed E-state index contributed by atoms with van der Waals surface area (Å²) in [5.74, 6) is -0.00963. The Balaban J connectivity index is 1.75. The van der Waals surface area contributed by atoms with Gasteiger partial charge in [0.1, 0.15) is 0 Å². The van der Waals surface area contributed by atoms with Gasteiger partial charge in [-0.15, -0.1) is 11.3 Å². The van der Waals surface area contributed by atoms with Crippen LogP contribution in [-0.4, -0.2) is 18.1 Å². The van der Waals surface area contributed by atoms with Crippen LogP contribution in [0.3, 0.4) is 0 Å². The summed E-state index contributed by atoms with van der Waals surface area (Å²) in [7, 11) is 0. The predicted octanol–water partition coefficient (Wildman–Crippen LogP) is 1.84. The molecule has 1 amide bonds. The van der Waals surface area contributed by atoms with Gasteiger partial charge in [0.15, 0.2) is 0 Å². The van der Waals surface area contributed by atoms with Crippen molar-refractivity contribution < 1.29 is 4.79 Å². The number of carbonyl (C=O) groups is 1. The molecule has 3 N–H and O–H groups in total. The molecule has 5 heteroatoms. The highest BCUT2D eigenvalue weighted by Crippen LogP contribution is 2.25. The third-order valence-corrected chi connectivity index (χ3v) is 4.16. The zero-order valence-electron chi connectivity index (χ0n) is 10.1. The Morgan fingerprint density at radius 3 is 2.94 bits per heavy atom. The van der Waals surface area contributed by atoms with Gasteiger partial charge in [-0.3, -0.25) is 10.2 Å². The fourth-order valence-corrected chi connectivity index (χ4v) is 3.10. The Hall–Kier alpha value is -1.43. The molecule has 1 aliphatic rings. The second-order valence-corrected chi connectivity index (χ2v) is 5.68. The fourth-order valence-electron chi connectivity index (χ4n) is 2.13. The van der Waals surface area contributed by atoms with Gasteiger partial charge < -0.3 is 5.32 Å². The third-order valence-electron chi connectivity index (χ3n) is 3.05. The maximum atomic E-state index is 12.1. The summed E-state index contributed by atoms with van der Waals surface area (Å²) in [6.45, 7) is 2.08. The number of hydrogen-bond donors (Lipinski definition) is 3. The minimum absolute atomic E-state index is 0.00963. The first kappa shape index (κ1) is 11.6. The van der Waals surface area contributed by atoms with Crippen molar-refractivity contribution in [2.45, 2.75) is 25.6 Å². The lowest BCUT2D eigenvalue weighted by Gasteiger charge is -2.10. The highest BCUT2D eigenvalue weighted by molar-refractivity contribution is 7.20. The van der Waals surface area contributed by atoms with Crippen LogP contribution in [0, 0.1) is 0 Å². The van der Waals surface area contributed by atoms with Gasteiger partial charge >= 0.3 is 0 Å². The molecule has 2 heterocycles. The van der Waals surface area contributed by atoms with Gasteiger partial charge in [-0.25, -0.2) is 5.43 Å². The molecule has 94 valence electrons. The number of thiophene rings is 1. The fraction of sp³-hybridized carbons (Fsp3) is 0.308. The van der Waals surface area contributed by atoms with E-state index in [1.165, 1.54) is 11.3 Å². The molecule has 3 rings (SSSR count). The summed E-state index contributed by atoms with van der Waals surface area (Å²) in [5, 5.41) is 4.11. The molecule has 2 unspecified atom stereocenters. The lowest BCUT2D eigenvalue weighted by Crippen LogP contribution is -2.44. The van der Waals surface area contributed by atoms with E-state index in [1.54, 1.807) is 0 Å². The maximum Gasteiger partial charge on any atom is 0.262 e. The number of hydrazine groups is 1. The predicted molar refractivity (Wildman–Crippen MR) is 73.4 cm³/mol. The molecule has 2 aromatic rings. The zero-order chi connectivity index (χ0) is 12.5. The lowest BCUT2D eigenvalue weighted by molar-refractivity contribution is 0.0936. The van der Waals surface area contributed by atoms with E-state index in [-0.39, 0.29) is 12.1 Å². The number of amides is 1. The SMILES string of the molecule is CC1CC(NC(=O)c2cc3ccccc3s2)NN1. The molecule has 0 spiro atoms. The standard InChI is InChI=1S/C13H15N3OS/c1-8-6-12(16-15-8)14-13(17)11-7-9-4-2-3-5-10(9)18-11/h2-5,7-8,12,15-16H,6H2,1H3,(H,14,17).